The van der Waals surface area contributed by atoms with Crippen molar-refractivity contribution in [3.63, 3.8) is 0 Å². The molecular weight excluding hydrogens is 633 g/mol. The molecule has 0 spiro atoms. The van der Waals surface area contributed by atoms with E-state index in [2.05, 4.69) is 158 Å². The van der Waals surface area contributed by atoms with E-state index in [4.69, 9.17) is 9.40 Å². The Bertz CT molecular complexity index is 3060. The number of hydrogen-bond donors (Lipinski definition) is 0. The van der Waals surface area contributed by atoms with Gasteiger partial charge >= 0.3 is 0 Å². The third-order valence-electron chi connectivity index (χ3n) is 11.4. The van der Waals surface area contributed by atoms with Crippen LogP contribution in [0.3, 0.4) is 0 Å². The summed E-state index contributed by atoms with van der Waals surface area (Å²) in [5.74, 6) is 0. The molecule has 3 nitrogen and oxygen atoms in total. The van der Waals surface area contributed by atoms with Crippen LogP contribution in [-0.2, 0) is 5.41 Å². The fourth-order valence-electron chi connectivity index (χ4n) is 8.72. The first-order chi connectivity index (χ1) is 25.5. The van der Waals surface area contributed by atoms with E-state index < -0.39 is 0 Å². The Morgan fingerprint density at radius 2 is 0.942 bits per heavy atom. The molecule has 2 heterocycles. The highest BCUT2D eigenvalue weighted by Gasteiger charge is 2.36. The zero-order valence-electron chi connectivity index (χ0n) is 28.8. The van der Waals surface area contributed by atoms with Crippen molar-refractivity contribution in [2.75, 3.05) is 0 Å². The Hall–Kier alpha value is -6.58. The number of para-hydroxylation sites is 2. The van der Waals surface area contributed by atoms with E-state index in [1.165, 1.54) is 60.8 Å². The van der Waals surface area contributed by atoms with Gasteiger partial charge in [-0.1, -0.05) is 135 Å². The monoisotopic (exact) mass is 664 g/mol. The Morgan fingerprint density at radius 1 is 0.404 bits per heavy atom. The summed E-state index contributed by atoms with van der Waals surface area (Å²) in [6, 6.07) is 52.9. The lowest BCUT2D eigenvalue weighted by Crippen LogP contribution is -2.15. The van der Waals surface area contributed by atoms with Crippen LogP contribution in [0.2, 0.25) is 0 Å². The second-order valence-corrected chi connectivity index (χ2v) is 14.6. The summed E-state index contributed by atoms with van der Waals surface area (Å²) < 4.78 is 6.42. The molecular formula is C49H32N2O. The summed E-state index contributed by atoms with van der Waals surface area (Å²) in [4.78, 5) is 9.41. The van der Waals surface area contributed by atoms with Crippen LogP contribution >= 0.6 is 0 Å². The van der Waals surface area contributed by atoms with Gasteiger partial charge in [-0.2, -0.15) is 0 Å². The second kappa shape index (κ2) is 10.7. The molecule has 1 aliphatic carbocycles. The van der Waals surface area contributed by atoms with E-state index in [0.29, 0.717) is 0 Å². The summed E-state index contributed by atoms with van der Waals surface area (Å²) in [5, 5.41) is 6.97. The van der Waals surface area contributed by atoms with Gasteiger partial charge in [-0.15, -0.1) is 0 Å². The first-order valence-corrected chi connectivity index (χ1v) is 17.9. The molecule has 1 aliphatic rings. The number of rotatable bonds is 3. The summed E-state index contributed by atoms with van der Waals surface area (Å²) in [5.41, 5.74) is 16.1. The predicted octanol–water partition coefficient (Wildman–Crippen LogP) is 13.1. The SMILES string of the molecule is CC1(C)c2cc(-c3ccc(-c4ccc5c(c4)c4ccccc4c4nccnc54)cc3)ccc2-c2ccc(-c3cccc4c3oc3ccccc34)cc21. The van der Waals surface area contributed by atoms with Gasteiger partial charge in [0.15, 0.2) is 0 Å². The Balaban J connectivity index is 0.948. The van der Waals surface area contributed by atoms with Crippen molar-refractivity contribution in [1.82, 2.24) is 9.97 Å². The minimum atomic E-state index is -0.152. The van der Waals surface area contributed by atoms with Crippen molar-refractivity contribution in [1.29, 1.82) is 0 Å². The average molecular weight is 665 g/mol. The van der Waals surface area contributed by atoms with Crippen molar-refractivity contribution in [2.45, 2.75) is 19.3 Å². The van der Waals surface area contributed by atoms with Crippen LogP contribution in [0, 0.1) is 0 Å². The number of furan rings is 1. The molecule has 0 saturated carbocycles. The van der Waals surface area contributed by atoms with E-state index in [0.717, 1.165) is 49.3 Å². The molecule has 0 saturated heterocycles. The Morgan fingerprint density at radius 3 is 1.67 bits per heavy atom. The van der Waals surface area contributed by atoms with Crippen molar-refractivity contribution in [3.05, 3.63) is 169 Å². The topological polar surface area (TPSA) is 38.9 Å². The van der Waals surface area contributed by atoms with Crippen LogP contribution in [0.4, 0.5) is 0 Å². The highest BCUT2D eigenvalue weighted by atomic mass is 16.3. The Labute approximate surface area is 300 Å². The van der Waals surface area contributed by atoms with Crippen molar-refractivity contribution in [3.8, 4) is 44.5 Å². The quantitative estimate of drug-likeness (QED) is 0.176. The lowest BCUT2D eigenvalue weighted by Gasteiger charge is -2.22. The number of aromatic nitrogens is 2. The summed E-state index contributed by atoms with van der Waals surface area (Å²) in [6.07, 6.45) is 3.56. The van der Waals surface area contributed by atoms with Gasteiger partial charge in [0.1, 0.15) is 11.2 Å². The molecule has 10 aromatic rings. The number of fused-ring (bicyclic) bond motifs is 12. The van der Waals surface area contributed by atoms with Crippen LogP contribution in [0.15, 0.2) is 162 Å². The van der Waals surface area contributed by atoms with E-state index in [1.807, 2.05) is 6.07 Å². The standard InChI is InChI=1S/C49H32N2O/c1-49(2)43-27-32(18-21-36(43)37-22-20-33(28-44(37)49)34-11-7-12-41-38-9-5-6-13-45(38)52-48(34)41)30-16-14-29(15-17-30)31-19-23-40-42(26-31)35-8-3-4-10-39(35)46-47(40)51-25-24-50-46/h3-28H,1-2H3. The van der Waals surface area contributed by atoms with Gasteiger partial charge < -0.3 is 4.42 Å². The van der Waals surface area contributed by atoms with Gasteiger partial charge in [-0.25, -0.2) is 0 Å². The zero-order chi connectivity index (χ0) is 34.6. The summed E-state index contributed by atoms with van der Waals surface area (Å²) in [6.45, 7) is 4.71. The minimum Gasteiger partial charge on any atom is -0.455 e. The second-order valence-electron chi connectivity index (χ2n) is 14.6. The van der Waals surface area contributed by atoms with Crippen LogP contribution in [0.1, 0.15) is 25.0 Å². The molecule has 0 bridgehead atoms. The molecule has 0 fully saturated rings. The van der Waals surface area contributed by atoms with Crippen molar-refractivity contribution < 1.29 is 4.42 Å². The van der Waals surface area contributed by atoms with Gasteiger partial charge in [0.25, 0.3) is 0 Å². The lowest BCUT2D eigenvalue weighted by molar-refractivity contribution is 0.660. The summed E-state index contributed by atoms with van der Waals surface area (Å²) >= 11 is 0. The Kier molecular flexibility index (Phi) is 6.01. The van der Waals surface area contributed by atoms with Crippen LogP contribution in [0.5, 0.6) is 0 Å². The fraction of sp³-hybridized carbons (Fsp3) is 0.0612. The van der Waals surface area contributed by atoms with Crippen LogP contribution < -0.4 is 0 Å². The first-order valence-electron chi connectivity index (χ1n) is 17.9. The number of nitrogens with zero attached hydrogens (tertiary/aromatic N) is 2. The molecule has 52 heavy (non-hydrogen) atoms. The van der Waals surface area contributed by atoms with E-state index in [-0.39, 0.29) is 5.41 Å². The molecule has 0 unspecified atom stereocenters. The maximum Gasteiger partial charge on any atom is 0.143 e. The highest BCUT2D eigenvalue weighted by molar-refractivity contribution is 6.23. The maximum absolute atomic E-state index is 6.42. The van der Waals surface area contributed by atoms with Gasteiger partial charge in [-0.05, 0) is 85.1 Å². The van der Waals surface area contributed by atoms with Crippen LogP contribution in [0.25, 0.3) is 99.0 Å². The minimum absolute atomic E-state index is 0.152. The van der Waals surface area contributed by atoms with E-state index in [9.17, 15) is 0 Å². The molecule has 0 aliphatic heterocycles. The third-order valence-corrected chi connectivity index (χ3v) is 11.4. The lowest BCUT2D eigenvalue weighted by atomic mass is 9.80. The maximum atomic E-state index is 6.42. The van der Waals surface area contributed by atoms with Gasteiger partial charge in [-0.3, -0.25) is 9.97 Å². The van der Waals surface area contributed by atoms with E-state index in [1.54, 1.807) is 12.4 Å². The van der Waals surface area contributed by atoms with Crippen molar-refractivity contribution in [2.24, 2.45) is 0 Å². The van der Waals surface area contributed by atoms with Gasteiger partial charge in [0, 0.05) is 44.9 Å². The predicted molar refractivity (Wildman–Crippen MR) is 216 cm³/mol. The largest absolute Gasteiger partial charge is 0.455 e. The highest BCUT2D eigenvalue weighted by Crippen LogP contribution is 2.51. The molecule has 0 radical (unpaired) electrons. The molecule has 0 atom stereocenters. The number of benzene rings is 8. The fourth-order valence-corrected chi connectivity index (χ4v) is 8.72. The van der Waals surface area contributed by atoms with Crippen LogP contribution in [-0.4, -0.2) is 9.97 Å². The van der Waals surface area contributed by atoms with Gasteiger partial charge in [0.2, 0.25) is 0 Å². The number of hydrogen-bond acceptors (Lipinski definition) is 3. The average Bonchev–Trinajstić information content (AvgIpc) is 3.69. The summed E-state index contributed by atoms with van der Waals surface area (Å²) in [7, 11) is 0. The van der Waals surface area contributed by atoms with E-state index >= 15 is 0 Å². The normalized spacial score (nSPS) is 13.3. The molecule has 0 N–H and O–H groups in total. The first kappa shape index (κ1) is 29.2. The molecule has 2 aromatic heterocycles. The molecule has 3 heteroatoms. The smallest absolute Gasteiger partial charge is 0.143 e. The zero-order valence-corrected chi connectivity index (χ0v) is 28.8. The molecule has 0 amide bonds. The molecule has 244 valence electrons. The molecule has 11 rings (SSSR count). The van der Waals surface area contributed by atoms with Gasteiger partial charge in [0.05, 0.1) is 11.0 Å². The van der Waals surface area contributed by atoms with Crippen molar-refractivity contribution >= 4 is 54.5 Å². The third kappa shape index (κ3) is 4.14. The molecule has 8 aromatic carbocycles.